The van der Waals surface area contributed by atoms with Gasteiger partial charge in [0, 0.05) is 13.5 Å². The van der Waals surface area contributed by atoms with Crippen molar-refractivity contribution in [2.45, 2.75) is 6.92 Å². The molecule has 0 unspecified atom stereocenters. The first-order valence-electron chi connectivity index (χ1n) is 2.62. The summed E-state index contributed by atoms with van der Waals surface area (Å²) in [6.45, 7) is 1.98. The van der Waals surface area contributed by atoms with Crippen LogP contribution < -0.4 is 10.6 Å². The Morgan fingerprint density at radius 1 is 1.67 bits per heavy atom. The molecule has 0 saturated heterocycles. The molecule has 0 atom stereocenters. The van der Waals surface area contributed by atoms with E-state index >= 15 is 0 Å². The fourth-order valence-electron chi connectivity index (χ4n) is 0.401. The van der Waals surface area contributed by atoms with E-state index in [1.807, 2.05) is 0 Å². The van der Waals surface area contributed by atoms with Crippen molar-refractivity contribution in [3.05, 3.63) is 0 Å². The maximum Gasteiger partial charge on any atom is 0.221 e. The molecule has 0 aromatic carbocycles. The van der Waals surface area contributed by atoms with Crippen molar-refractivity contribution in [1.29, 1.82) is 0 Å². The second kappa shape index (κ2) is 4.40. The van der Waals surface area contributed by atoms with Crippen molar-refractivity contribution >= 4 is 23.1 Å². The summed E-state index contributed by atoms with van der Waals surface area (Å²) in [5, 5.41) is 5.29. The second-order valence-electron chi connectivity index (χ2n) is 1.63. The van der Waals surface area contributed by atoms with Crippen LogP contribution in [0, 0.1) is 0 Å². The standard InChI is InChI=1S/C5H10N2OS/c1-4(8)7-5(9)3-6-2/h6H,3H2,1-2H3,(H,7,8,9). The Morgan fingerprint density at radius 3 is 2.56 bits per heavy atom. The molecule has 0 saturated carbocycles. The van der Waals surface area contributed by atoms with Gasteiger partial charge < -0.3 is 10.6 Å². The number of amides is 1. The van der Waals surface area contributed by atoms with E-state index in [-0.39, 0.29) is 5.91 Å². The van der Waals surface area contributed by atoms with Gasteiger partial charge in [-0.25, -0.2) is 0 Å². The van der Waals surface area contributed by atoms with Crippen LogP contribution in [0.1, 0.15) is 6.92 Å². The molecule has 0 rings (SSSR count). The van der Waals surface area contributed by atoms with Crippen molar-refractivity contribution < 1.29 is 4.79 Å². The van der Waals surface area contributed by atoms with Crippen LogP contribution in [0.4, 0.5) is 0 Å². The predicted molar refractivity (Wildman–Crippen MR) is 40.3 cm³/mol. The SMILES string of the molecule is CNCC(=S)NC(C)=O. The Balaban J connectivity index is 3.39. The molecule has 1 amide bonds. The van der Waals surface area contributed by atoms with Crippen LogP contribution in [0.15, 0.2) is 0 Å². The first-order chi connectivity index (χ1) is 4.16. The Morgan fingerprint density at radius 2 is 2.22 bits per heavy atom. The van der Waals surface area contributed by atoms with Crippen molar-refractivity contribution in [1.82, 2.24) is 10.6 Å². The van der Waals surface area contributed by atoms with Gasteiger partial charge in [-0.05, 0) is 7.05 Å². The van der Waals surface area contributed by atoms with E-state index in [4.69, 9.17) is 12.2 Å². The van der Waals surface area contributed by atoms with Crippen molar-refractivity contribution in [2.24, 2.45) is 0 Å². The maximum absolute atomic E-state index is 10.3. The number of nitrogens with one attached hydrogen (secondary N) is 2. The third-order valence-corrected chi connectivity index (χ3v) is 0.899. The van der Waals surface area contributed by atoms with Crippen LogP contribution in [0.3, 0.4) is 0 Å². The average Bonchev–Trinajstić information content (AvgIpc) is 1.63. The van der Waals surface area contributed by atoms with Gasteiger partial charge in [-0.15, -0.1) is 0 Å². The molecule has 4 heteroatoms. The Hall–Kier alpha value is -0.480. The number of carbonyl (C=O) groups is 1. The van der Waals surface area contributed by atoms with Crippen LogP contribution in [0.2, 0.25) is 0 Å². The van der Waals surface area contributed by atoms with E-state index in [1.54, 1.807) is 7.05 Å². The van der Waals surface area contributed by atoms with Crippen molar-refractivity contribution in [2.75, 3.05) is 13.6 Å². The monoisotopic (exact) mass is 146 g/mol. The molecule has 0 bridgehead atoms. The maximum atomic E-state index is 10.3. The van der Waals surface area contributed by atoms with Gasteiger partial charge >= 0.3 is 0 Å². The minimum Gasteiger partial charge on any atom is -0.320 e. The highest BCUT2D eigenvalue weighted by atomic mass is 32.1. The molecular weight excluding hydrogens is 136 g/mol. The molecule has 0 aliphatic carbocycles. The zero-order valence-electron chi connectivity index (χ0n) is 5.52. The summed E-state index contributed by atoms with van der Waals surface area (Å²) in [4.78, 5) is 10.8. The van der Waals surface area contributed by atoms with Gasteiger partial charge in [0.2, 0.25) is 5.91 Å². The summed E-state index contributed by atoms with van der Waals surface area (Å²) >= 11 is 4.73. The molecule has 0 aliphatic heterocycles. The highest BCUT2D eigenvalue weighted by Gasteiger charge is 1.94. The smallest absolute Gasteiger partial charge is 0.221 e. The molecule has 0 radical (unpaired) electrons. The molecule has 0 aromatic heterocycles. The molecule has 52 valence electrons. The fraction of sp³-hybridized carbons (Fsp3) is 0.600. The third kappa shape index (κ3) is 5.39. The van der Waals surface area contributed by atoms with Gasteiger partial charge in [0.15, 0.2) is 0 Å². The number of likely N-dealkylation sites (N-methyl/N-ethyl adjacent to an activating group) is 1. The number of carbonyl (C=O) groups excluding carboxylic acids is 1. The molecule has 0 heterocycles. The summed E-state index contributed by atoms with van der Waals surface area (Å²) in [5.74, 6) is -0.116. The molecule has 0 aliphatic rings. The fourth-order valence-corrected chi connectivity index (χ4v) is 0.689. The summed E-state index contributed by atoms with van der Waals surface area (Å²) in [6.07, 6.45) is 0. The van der Waals surface area contributed by atoms with E-state index in [0.717, 1.165) is 0 Å². The Bertz CT molecular complexity index is 124. The quantitative estimate of drug-likeness (QED) is 0.524. The van der Waals surface area contributed by atoms with E-state index in [2.05, 4.69) is 10.6 Å². The summed E-state index contributed by atoms with van der Waals surface area (Å²) in [7, 11) is 1.77. The molecule has 0 spiro atoms. The number of rotatable bonds is 2. The molecule has 0 aromatic rings. The number of hydrogen-bond donors (Lipinski definition) is 2. The lowest BCUT2D eigenvalue weighted by molar-refractivity contribution is -0.117. The van der Waals surface area contributed by atoms with E-state index in [9.17, 15) is 4.79 Å². The highest BCUT2D eigenvalue weighted by molar-refractivity contribution is 7.80. The minimum absolute atomic E-state index is 0.116. The zero-order valence-corrected chi connectivity index (χ0v) is 6.34. The summed E-state index contributed by atoms with van der Waals surface area (Å²) in [6, 6.07) is 0. The van der Waals surface area contributed by atoms with Gasteiger partial charge in [-0.2, -0.15) is 0 Å². The van der Waals surface area contributed by atoms with E-state index in [1.165, 1.54) is 6.92 Å². The number of hydrogen-bond acceptors (Lipinski definition) is 3. The number of thiocarbonyl (C=S) groups is 1. The van der Waals surface area contributed by atoms with E-state index < -0.39 is 0 Å². The molecular formula is C5H10N2OS. The predicted octanol–water partition coefficient (Wildman–Crippen LogP) is -0.331. The van der Waals surface area contributed by atoms with Gasteiger partial charge in [0.05, 0.1) is 4.99 Å². The van der Waals surface area contributed by atoms with Crippen LogP contribution in [-0.4, -0.2) is 24.5 Å². The van der Waals surface area contributed by atoms with Crippen molar-refractivity contribution in [3.63, 3.8) is 0 Å². The zero-order chi connectivity index (χ0) is 7.28. The normalized spacial score (nSPS) is 8.67. The lowest BCUT2D eigenvalue weighted by atomic mass is 10.6. The van der Waals surface area contributed by atoms with E-state index in [0.29, 0.717) is 11.5 Å². The Labute approximate surface area is 59.8 Å². The minimum atomic E-state index is -0.116. The summed E-state index contributed by atoms with van der Waals surface area (Å²) in [5.41, 5.74) is 0. The topological polar surface area (TPSA) is 41.1 Å². The lowest BCUT2D eigenvalue weighted by Crippen LogP contribution is -2.33. The van der Waals surface area contributed by atoms with Crippen LogP contribution in [0.25, 0.3) is 0 Å². The molecule has 2 N–H and O–H groups in total. The van der Waals surface area contributed by atoms with Crippen LogP contribution in [0.5, 0.6) is 0 Å². The molecule has 9 heavy (non-hydrogen) atoms. The highest BCUT2D eigenvalue weighted by Crippen LogP contribution is 1.68. The third-order valence-electron chi connectivity index (χ3n) is 0.653. The van der Waals surface area contributed by atoms with Crippen LogP contribution >= 0.6 is 12.2 Å². The van der Waals surface area contributed by atoms with Gasteiger partial charge in [0.25, 0.3) is 0 Å². The average molecular weight is 146 g/mol. The largest absolute Gasteiger partial charge is 0.320 e. The lowest BCUT2D eigenvalue weighted by Gasteiger charge is -2.00. The van der Waals surface area contributed by atoms with Gasteiger partial charge in [-0.3, -0.25) is 4.79 Å². The first kappa shape index (κ1) is 8.52. The molecule has 3 nitrogen and oxygen atoms in total. The van der Waals surface area contributed by atoms with Crippen LogP contribution in [-0.2, 0) is 4.79 Å². The second-order valence-corrected chi connectivity index (χ2v) is 2.13. The molecule has 0 fully saturated rings. The first-order valence-corrected chi connectivity index (χ1v) is 3.02. The summed E-state index contributed by atoms with van der Waals surface area (Å²) < 4.78 is 0. The van der Waals surface area contributed by atoms with Crippen molar-refractivity contribution in [3.8, 4) is 0 Å². The Kier molecular flexibility index (Phi) is 4.17. The van der Waals surface area contributed by atoms with Gasteiger partial charge in [-0.1, -0.05) is 12.2 Å². The van der Waals surface area contributed by atoms with Gasteiger partial charge in [0.1, 0.15) is 0 Å².